The van der Waals surface area contributed by atoms with Gasteiger partial charge in [-0.3, -0.25) is 0 Å². The average Bonchev–Trinajstić information content (AvgIpc) is 2.25. The fourth-order valence-electron chi connectivity index (χ4n) is 1.40. The molecule has 0 aliphatic heterocycles. The van der Waals surface area contributed by atoms with Gasteiger partial charge in [0.1, 0.15) is 0 Å². The second-order valence-corrected chi connectivity index (χ2v) is 6.24. The summed E-state index contributed by atoms with van der Waals surface area (Å²) in [4.78, 5) is 0.235. The van der Waals surface area contributed by atoms with Gasteiger partial charge < -0.3 is 10.4 Å². The summed E-state index contributed by atoms with van der Waals surface area (Å²) in [6, 6.07) is 6.29. The molecule has 0 bridgehead atoms. The molecule has 1 atom stereocenters. The molecule has 1 aromatic rings. The third kappa shape index (κ3) is 4.64. The van der Waals surface area contributed by atoms with Crippen LogP contribution in [-0.4, -0.2) is 32.2 Å². The minimum absolute atomic E-state index is 0.136. The zero-order valence-electron chi connectivity index (χ0n) is 10.8. The molecule has 0 aliphatic carbocycles. The van der Waals surface area contributed by atoms with Gasteiger partial charge in [-0.25, -0.2) is 13.1 Å². The van der Waals surface area contributed by atoms with Crippen molar-refractivity contribution < 1.29 is 13.5 Å². The monoisotopic (exact) mass is 272 g/mol. The van der Waals surface area contributed by atoms with Crippen LogP contribution in [0, 0.1) is 0 Å². The normalized spacial score (nSPS) is 13.6. The van der Waals surface area contributed by atoms with Crippen LogP contribution in [0.2, 0.25) is 0 Å². The van der Waals surface area contributed by atoms with Crippen LogP contribution in [0.15, 0.2) is 29.2 Å². The van der Waals surface area contributed by atoms with Gasteiger partial charge in [-0.15, -0.1) is 0 Å². The molecule has 0 aromatic heterocycles. The van der Waals surface area contributed by atoms with Gasteiger partial charge in [-0.1, -0.05) is 0 Å². The third-order valence-electron chi connectivity index (χ3n) is 2.16. The summed E-state index contributed by atoms with van der Waals surface area (Å²) in [5, 5.41) is 12.1. The highest BCUT2D eigenvalue weighted by Crippen LogP contribution is 2.14. The van der Waals surface area contributed by atoms with Gasteiger partial charge in [0.05, 0.1) is 11.0 Å². The van der Waals surface area contributed by atoms with E-state index in [0.29, 0.717) is 6.54 Å². The van der Waals surface area contributed by atoms with Crippen LogP contribution < -0.4 is 10.0 Å². The summed E-state index contributed by atoms with van der Waals surface area (Å²) in [6.07, 6.45) is -0.448. The Morgan fingerprint density at radius 1 is 1.17 bits per heavy atom. The van der Waals surface area contributed by atoms with E-state index in [1.54, 1.807) is 32.9 Å². The van der Waals surface area contributed by atoms with E-state index in [0.717, 1.165) is 5.69 Å². The quantitative estimate of drug-likeness (QED) is 0.726. The van der Waals surface area contributed by atoms with Crippen LogP contribution in [0.25, 0.3) is 0 Å². The molecular formula is C12H20N2O3S. The molecule has 0 saturated heterocycles. The van der Waals surface area contributed by atoms with Gasteiger partial charge in [0.25, 0.3) is 0 Å². The molecule has 0 aliphatic rings. The fourth-order valence-corrected chi connectivity index (χ4v) is 2.65. The third-order valence-corrected chi connectivity index (χ3v) is 3.83. The Labute approximate surface area is 108 Å². The lowest BCUT2D eigenvalue weighted by Crippen LogP contribution is -2.30. The molecule has 0 radical (unpaired) electrons. The van der Waals surface area contributed by atoms with Crippen LogP contribution in [0.4, 0.5) is 5.69 Å². The first-order chi connectivity index (χ1) is 8.31. The van der Waals surface area contributed by atoms with Crippen LogP contribution in [-0.2, 0) is 10.0 Å². The number of benzene rings is 1. The van der Waals surface area contributed by atoms with Crippen molar-refractivity contribution in [1.29, 1.82) is 0 Å². The molecule has 18 heavy (non-hydrogen) atoms. The number of anilines is 1. The molecule has 1 rings (SSSR count). The van der Waals surface area contributed by atoms with E-state index in [-0.39, 0.29) is 10.9 Å². The first kappa shape index (κ1) is 14.9. The lowest BCUT2D eigenvalue weighted by atomic mass is 10.3. The summed E-state index contributed by atoms with van der Waals surface area (Å²) in [5.74, 6) is 0. The number of hydrogen-bond acceptors (Lipinski definition) is 4. The van der Waals surface area contributed by atoms with E-state index >= 15 is 0 Å². The number of rotatable bonds is 6. The molecular weight excluding hydrogens is 252 g/mol. The number of aliphatic hydroxyl groups is 1. The van der Waals surface area contributed by atoms with E-state index in [1.165, 1.54) is 12.1 Å². The summed E-state index contributed by atoms with van der Waals surface area (Å²) >= 11 is 0. The molecule has 0 spiro atoms. The van der Waals surface area contributed by atoms with Gasteiger partial charge in [-0.2, -0.15) is 0 Å². The lowest BCUT2D eigenvalue weighted by Gasteiger charge is -2.11. The smallest absolute Gasteiger partial charge is 0.240 e. The Morgan fingerprint density at radius 3 is 2.17 bits per heavy atom. The predicted octanol–water partition coefficient (Wildman–Crippen LogP) is 1.17. The Bertz CT molecular complexity index is 467. The highest BCUT2D eigenvalue weighted by atomic mass is 32.2. The molecule has 1 aromatic carbocycles. The minimum atomic E-state index is -3.43. The lowest BCUT2D eigenvalue weighted by molar-refractivity contribution is 0.208. The second kappa shape index (κ2) is 6.17. The van der Waals surface area contributed by atoms with E-state index in [2.05, 4.69) is 10.0 Å². The van der Waals surface area contributed by atoms with Gasteiger partial charge >= 0.3 is 0 Å². The standard InChI is InChI=1S/C12H20N2O3S/c1-9(2)14-18(16,17)12-6-4-11(5-7-12)13-8-10(3)15/h4-7,9-10,13-15H,8H2,1-3H3. The largest absolute Gasteiger partial charge is 0.392 e. The molecule has 3 N–H and O–H groups in total. The fraction of sp³-hybridized carbons (Fsp3) is 0.500. The van der Waals surface area contributed by atoms with E-state index in [1.807, 2.05) is 0 Å². The number of hydrogen-bond donors (Lipinski definition) is 3. The molecule has 102 valence electrons. The summed E-state index contributed by atoms with van der Waals surface area (Å²) in [6.45, 7) is 5.65. The van der Waals surface area contributed by atoms with Gasteiger partial charge in [0.15, 0.2) is 0 Å². The van der Waals surface area contributed by atoms with Crippen molar-refractivity contribution in [3.63, 3.8) is 0 Å². The summed E-state index contributed by atoms with van der Waals surface area (Å²) in [7, 11) is -3.43. The van der Waals surface area contributed by atoms with Crippen LogP contribution in [0.3, 0.4) is 0 Å². The summed E-state index contributed by atoms with van der Waals surface area (Å²) < 4.78 is 26.2. The number of nitrogens with one attached hydrogen (secondary N) is 2. The molecule has 0 heterocycles. The summed E-state index contributed by atoms with van der Waals surface area (Å²) in [5.41, 5.74) is 0.777. The first-order valence-corrected chi connectivity index (χ1v) is 7.34. The number of aliphatic hydroxyl groups excluding tert-OH is 1. The number of sulfonamides is 1. The first-order valence-electron chi connectivity index (χ1n) is 5.85. The van der Waals surface area contributed by atoms with Crippen molar-refractivity contribution >= 4 is 15.7 Å². The van der Waals surface area contributed by atoms with Crippen LogP contribution >= 0.6 is 0 Å². The SMILES string of the molecule is CC(O)CNc1ccc(S(=O)(=O)NC(C)C)cc1. The molecule has 1 unspecified atom stereocenters. The molecule has 0 saturated carbocycles. The topological polar surface area (TPSA) is 78.4 Å². The van der Waals surface area contributed by atoms with Gasteiger partial charge in [-0.05, 0) is 45.0 Å². The Balaban J connectivity index is 2.76. The van der Waals surface area contributed by atoms with Crippen LogP contribution in [0.5, 0.6) is 0 Å². The zero-order chi connectivity index (χ0) is 13.8. The van der Waals surface area contributed by atoms with Crippen molar-refractivity contribution in [1.82, 2.24) is 4.72 Å². The van der Waals surface area contributed by atoms with Gasteiger partial charge in [0.2, 0.25) is 10.0 Å². The highest BCUT2D eigenvalue weighted by Gasteiger charge is 2.14. The van der Waals surface area contributed by atoms with Crippen molar-refractivity contribution in [3.8, 4) is 0 Å². The second-order valence-electron chi connectivity index (χ2n) is 4.53. The zero-order valence-corrected chi connectivity index (χ0v) is 11.7. The predicted molar refractivity (Wildman–Crippen MR) is 72.1 cm³/mol. The maximum atomic E-state index is 11.8. The maximum Gasteiger partial charge on any atom is 0.240 e. The van der Waals surface area contributed by atoms with Crippen LogP contribution in [0.1, 0.15) is 20.8 Å². The molecule has 6 heteroatoms. The maximum absolute atomic E-state index is 11.8. The molecule has 0 fully saturated rings. The van der Waals surface area contributed by atoms with E-state index < -0.39 is 16.1 Å². The minimum Gasteiger partial charge on any atom is -0.392 e. The van der Waals surface area contributed by atoms with Crippen molar-refractivity contribution in [2.75, 3.05) is 11.9 Å². The van der Waals surface area contributed by atoms with Crippen molar-refractivity contribution in [3.05, 3.63) is 24.3 Å². The average molecular weight is 272 g/mol. The van der Waals surface area contributed by atoms with Crippen molar-refractivity contribution in [2.24, 2.45) is 0 Å². The highest BCUT2D eigenvalue weighted by molar-refractivity contribution is 7.89. The van der Waals surface area contributed by atoms with Gasteiger partial charge in [0, 0.05) is 18.3 Å². The molecule has 5 nitrogen and oxygen atoms in total. The Morgan fingerprint density at radius 2 is 1.72 bits per heavy atom. The van der Waals surface area contributed by atoms with E-state index in [9.17, 15) is 8.42 Å². The Hall–Kier alpha value is -1.11. The van der Waals surface area contributed by atoms with E-state index in [4.69, 9.17) is 5.11 Å². The molecule has 0 amide bonds. The van der Waals surface area contributed by atoms with Crippen molar-refractivity contribution in [2.45, 2.75) is 37.8 Å². The Kier molecular flexibility index (Phi) is 5.13.